The van der Waals surface area contributed by atoms with Gasteiger partial charge < -0.3 is 4.90 Å². The molecule has 112 valence electrons. The van der Waals surface area contributed by atoms with Crippen LogP contribution in [0.3, 0.4) is 0 Å². The van der Waals surface area contributed by atoms with Gasteiger partial charge in [0.15, 0.2) is 0 Å². The number of amides is 1. The number of halogens is 1. The number of carbonyl (C=O) groups is 1. The SMILES string of the molecule is CCN(CC)C(=O)CCNS(=O)(=O)c1cnccc1Cl. The summed E-state index contributed by atoms with van der Waals surface area (Å²) in [7, 11) is -3.74. The molecule has 1 N–H and O–H groups in total. The van der Waals surface area contributed by atoms with Gasteiger partial charge >= 0.3 is 0 Å². The quantitative estimate of drug-likeness (QED) is 0.821. The average Bonchev–Trinajstić information content (AvgIpc) is 2.40. The Labute approximate surface area is 124 Å². The maximum Gasteiger partial charge on any atom is 0.243 e. The summed E-state index contributed by atoms with van der Waals surface area (Å²) in [5.74, 6) is -0.0880. The topological polar surface area (TPSA) is 79.4 Å². The zero-order valence-electron chi connectivity index (χ0n) is 11.5. The van der Waals surface area contributed by atoms with E-state index in [1.54, 1.807) is 4.90 Å². The molecule has 0 aromatic carbocycles. The molecule has 8 heteroatoms. The van der Waals surface area contributed by atoms with Crippen LogP contribution < -0.4 is 4.72 Å². The highest BCUT2D eigenvalue weighted by atomic mass is 35.5. The van der Waals surface area contributed by atoms with Crippen LogP contribution in [0.25, 0.3) is 0 Å². The summed E-state index contributed by atoms with van der Waals surface area (Å²) in [6, 6.07) is 1.40. The summed E-state index contributed by atoms with van der Waals surface area (Å²) in [5, 5.41) is 0.0996. The molecular weight excluding hydrogens is 302 g/mol. The maximum atomic E-state index is 12.0. The number of aromatic nitrogens is 1. The molecule has 6 nitrogen and oxygen atoms in total. The van der Waals surface area contributed by atoms with E-state index < -0.39 is 10.0 Å². The molecular formula is C12H18ClN3O3S. The van der Waals surface area contributed by atoms with Crippen molar-refractivity contribution in [2.45, 2.75) is 25.2 Å². The first-order valence-corrected chi connectivity index (χ1v) is 8.15. The second-order valence-corrected chi connectivity index (χ2v) is 6.16. The van der Waals surface area contributed by atoms with E-state index in [2.05, 4.69) is 9.71 Å². The third-order valence-corrected chi connectivity index (χ3v) is 4.70. The van der Waals surface area contributed by atoms with E-state index in [9.17, 15) is 13.2 Å². The van der Waals surface area contributed by atoms with Crippen molar-refractivity contribution in [1.82, 2.24) is 14.6 Å². The van der Waals surface area contributed by atoms with Gasteiger partial charge in [-0.05, 0) is 19.9 Å². The van der Waals surface area contributed by atoms with Gasteiger partial charge in [-0.2, -0.15) is 0 Å². The third-order valence-electron chi connectivity index (χ3n) is 2.77. The summed E-state index contributed by atoms with van der Waals surface area (Å²) in [4.78, 5) is 17.0. The predicted octanol–water partition coefficient (Wildman–Crippen LogP) is 1.27. The van der Waals surface area contributed by atoms with Crippen molar-refractivity contribution >= 4 is 27.5 Å². The summed E-state index contributed by atoms with van der Waals surface area (Å²) >= 11 is 5.81. The van der Waals surface area contributed by atoms with Crippen LogP contribution in [-0.2, 0) is 14.8 Å². The Bertz CT molecular complexity index is 559. The monoisotopic (exact) mass is 319 g/mol. The first kappa shape index (κ1) is 16.9. The Hall–Kier alpha value is -1.18. The average molecular weight is 320 g/mol. The molecule has 1 heterocycles. The van der Waals surface area contributed by atoms with Crippen molar-refractivity contribution in [1.29, 1.82) is 0 Å². The number of hydrogen-bond acceptors (Lipinski definition) is 4. The van der Waals surface area contributed by atoms with Crippen molar-refractivity contribution in [2.75, 3.05) is 19.6 Å². The Morgan fingerprint density at radius 3 is 2.60 bits per heavy atom. The molecule has 0 spiro atoms. The van der Waals surface area contributed by atoms with Crippen LogP contribution in [0.4, 0.5) is 0 Å². The highest BCUT2D eigenvalue weighted by Gasteiger charge is 2.18. The molecule has 0 unspecified atom stereocenters. The lowest BCUT2D eigenvalue weighted by atomic mass is 10.3. The number of nitrogens with one attached hydrogen (secondary N) is 1. The van der Waals surface area contributed by atoms with Crippen molar-refractivity contribution < 1.29 is 13.2 Å². The zero-order valence-corrected chi connectivity index (χ0v) is 13.0. The minimum Gasteiger partial charge on any atom is -0.343 e. The van der Waals surface area contributed by atoms with Crippen LogP contribution in [0.1, 0.15) is 20.3 Å². The van der Waals surface area contributed by atoms with Gasteiger partial charge in [0.25, 0.3) is 0 Å². The van der Waals surface area contributed by atoms with Crippen LogP contribution >= 0.6 is 11.6 Å². The van der Waals surface area contributed by atoms with Crippen LogP contribution in [0, 0.1) is 0 Å². The van der Waals surface area contributed by atoms with E-state index >= 15 is 0 Å². The number of nitrogens with zero attached hydrogens (tertiary/aromatic N) is 2. The van der Waals surface area contributed by atoms with E-state index in [0.717, 1.165) is 0 Å². The number of rotatable bonds is 7. The molecule has 0 saturated heterocycles. The molecule has 0 aliphatic heterocycles. The van der Waals surface area contributed by atoms with Crippen molar-refractivity contribution in [3.63, 3.8) is 0 Å². The Morgan fingerprint density at radius 2 is 2.05 bits per heavy atom. The Kier molecular flexibility index (Phi) is 6.38. The van der Waals surface area contributed by atoms with Gasteiger partial charge in [-0.25, -0.2) is 13.1 Å². The van der Waals surface area contributed by atoms with Gasteiger partial charge in [0.2, 0.25) is 15.9 Å². The zero-order chi connectivity index (χ0) is 15.2. The molecule has 0 aliphatic rings. The number of carbonyl (C=O) groups excluding carboxylic acids is 1. The normalized spacial score (nSPS) is 11.3. The minimum absolute atomic E-state index is 0.0306. The van der Waals surface area contributed by atoms with Crippen LogP contribution in [0.2, 0.25) is 5.02 Å². The summed E-state index contributed by atoms with van der Waals surface area (Å²) < 4.78 is 26.3. The Balaban J connectivity index is 2.62. The molecule has 0 atom stereocenters. The molecule has 1 amide bonds. The summed E-state index contributed by atoms with van der Waals surface area (Å²) in [5.41, 5.74) is 0. The van der Waals surface area contributed by atoms with Crippen LogP contribution in [0.5, 0.6) is 0 Å². The standard InChI is InChI=1S/C12H18ClN3O3S/c1-3-16(4-2)12(17)6-8-15-20(18,19)11-9-14-7-5-10(11)13/h5,7,9,15H,3-4,6,8H2,1-2H3. The molecule has 0 aliphatic carbocycles. The number of sulfonamides is 1. The molecule has 20 heavy (non-hydrogen) atoms. The first-order chi connectivity index (χ1) is 9.42. The van der Waals surface area contributed by atoms with Gasteiger partial charge in [-0.1, -0.05) is 11.6 Å². The van der Waals surface area contributed by atoms with Crippen molar-refractivity contribution in [2.24, 2.45) is 0 Å². The minimum atomic E-state index is -3.74. The lowest BCUT2D eigenvalue weighted by Gasteiger charge is -2.18. The first-order valence-electron chi connectivity index (χ1n) is 6.29. The van der Waals surface area contributed by atoms with Crippen LogP contribution in [-0.4, -0.2) is 43.8 Å². The molecule has 1 rings (SSSR count). The predicted molar refractivity (Wildman–Crippen MR) is 77.0 cm³/mol. The molecule has 1 aromatic rings. The lowest BCUT2D eigenvalue weighted by molar-refractivity contribution is -0.130. The van der Waals surface area contributed by atoms with E-state index in [4.69, 9.17) is 11.6 Å². The van der Waals surface area contributed by atoms with Gasteiger partial charge in [-0.3, -0.25) is 9.78 Å². The largest absolute Gasteiger partial charge is 0.343 e. The highest BCUT2D eigenvalue weighted by molar-refractivity contribution is 7.89. The molecule has 1 aromatic heterocycles. The lowest BCUT2D eigenvalue weighted by Crippen LogP contribution is -2.34. The molecule has 0 fully saturated rings. The fourth-order valence-corrected chi connectivity index (χ4v) is 3.13. The molecule has 0 bridgehead atoms. The third kappa shape index (κ3) is 4.43. The van der Waals surface area contributed by atoms with Crippen molar-refractivity contribution in [3.05, 3.63) is 23.5 Å². The summed E-state index contributed by atoms with van der Waals surface area (Å²) in [6.07, 6.45) is 2.70. The van der Waals surface area contributed by atoms with Gasteiger partial charge in [0.05, 0.1) is 5.02 Å². The van der Waals surface area contributed by atoms with E-state index in [0.29, 0.717) is 13.1 Å². The number of pyridine rings is 1. The second-order valence-electron chi connectivity index (χ2n) is 4.02. The van der Waals surface area contributed by atoms with Crippen LogP contribution in [0.15, 0.2) is 23.4 Å². The van der Waals surface area contributed by atoms with E-state index in [1.165, 1.54) is 18.5 Å². The smallest absolute Gasteiger partial charge is 0.243 e. The number of hydrogen-bond donors (Lipinski definition) is 1. The van der Waals surface area contributed by atoms with E-state index in [1.807, 2.05) is 13.8 Å². The maximum absolute atomic E-state index is 12.0. The molecule has 0 radical (unpaired) electrons. The van der Waals surface area contributed by atoms with E-state index in [-0.39, 0.29) is 28.8 Å². The van der Waals surface area contributed by atoms with Crippen molar-refractivity contribution in [3.8, 4) is 0 Å². The van der Waals surface area contributed by atoms with Gasteiger partial charge in [0.1, 0.15) is 4.90 Å². The summed E-state index contributed by atoms with van der Waals surface area (Å²) in [6.45, 7) is 5.00. The van der Waals surface area contributed by atoms with Gasteiger partial charge in [0, 0.05) is 38.4 Å². The fraction of sp³-hybridized carbons (Fsp3) is 0.500. The van der Waals surface area contributed by atoms with Gasteiger partial charge in [-0.15, -0.1) is 0 Å². The fourth-order valence-electron chi connectivity index (χ4n) is 1.67. The second kappa shape index (κ2) is 7.56. The highest BCUT2D eigenvalue weighted by Crippen LogP contribution is 2.18. The Morgan fingerprint density at radius 1 is 1.40 bits per heavy atom. The molecule has 0 saturated carbocycles.